The van der Waals surface area contributed by atoms with E-state index in [9.17, 15) is 4.79 Å². The molecule has 1 aromatic carbocycles. The highest BCUT2D eigenvalue weighted by atomic mass is 16.1. The van der Waals surface area contributed by atoms with Gasteiger partial charge in [0.15, 0.2) is 0 Å². The number of anilines is 1. The van der Waals surface area contributed by atoms with Crippen LogP contribution in [0.2, 0.25) is 0 Å². The van der Waals surface area contributed by atoms with E-state index in [1.165, 1.54) is 0 Å². The lowest BCUT2D eigenvalue weighted by molar-refractivity contribution is -0.115. The molecule has 0 unspecified atom stereocenters. The maximum atomic E-state index is 12.1. The molecule has 0 aliphatic rings. The molecule has 0 aliphatic heterocycles. The number of fused-ring (bicyclic) bond motifs is 1. The Hall–Kier alpha value is -2.62. The molecule has 2 heterocycles. The molecule has 2 aromatic heterocycles. The molecular weight excluding hydrogens is 250 g/mol. The van der Waals surface area contributed by atoms with E-state index in [-0.39, 0.29) is 5.91 Å². The number of hydrogen-bond acceptors (Lipinski definition) is 2. The van der Waals surface area contributed by atoms with Crippen molar-refractivity contribution in [2.45, 2.75) is 13.3 Å². The Morgan fingerprint density at radius 2 is 2.00 bits per heavy atom. The third kappa shape index (κ3) is 2.40. The van der Waals surface area contributed by atoms with Gasteiger partial charge in [0.2, 0.25) is 5.91 Å². The monoisotopic (exact) mass is 265 g/mol. The summed E-state index contributed by atoms with van der Waals surface area (Å²) in [5.41, 5.74) is 3.67. The zero-order valence-electron chi connectivity index (χ0n) is 11.2. The number of carbonyl (C=O) groups is 1. The maximum absolute atomic E-state index is 12.1. The van der Waals surface area contributed by atoms with Gasteiger partial charge in [-0.1, -0.05) is 30.3 Å². The predicted octanol–water partition coefficient (Wildman–Crippen LogP) is 2.82. The topological polar surface area (TPSA) is 46.4 Å². The number of nitrogens with one attached hydrogen (secondary N) is 1. The van der Waals surface area contributed by atoms with E-state index < -0.39 is 0 Å². The molecule has 4 heteroatoms. The van der Waals surface area contributed by atoms with E-state index >= 15 is 0 Å². The van der Waals surface area contributed by atoms with Crippen molar-refractivity contribution < 1.29 is 4.79 Å². The Morgan fingerprint density at radius 3 is 2.80 bits per heavy atom. The number of aryl methyl sites for hydroxylation is 1. The van der Waals surface area contributed by atoms with Crippen LogP contribution in [0.3, 0.4) is 0 Å². The van der Waals surface area contributed by atoms with Crippen molar-refractivity contribution in [2.24, 2.45) is 0 Å². The second-order valence-electron chi connectivity index (χ2n) is 4.70. The molecule has 4 nitrogen and oxygen atoms in total. The largest absolute Gasteiger partial charge is 0.324 e. The van der Waals surface area contributed by atoms with E-state index in [0.717, 1.165) is 22.6 Å². The Balaban J connectivity index is 1.79. The summed E-state index contributed by atoms with van der Waals surface area (Å²) < 4.78 is 1.96. The summed E-state index contributed by atoms with van der Waals surface area (Å²) in [6.07, 6.45) is 4.01. The highest BCUT2D eigenvalue weighted by Gasteiger charge is 2.08. The quantitative estimate of drug-likeness (QED) is 0.791. The molecule has 0 saturated heterocycles. The SMILES string of the molecule is Cc1c(NC(=O)Cc2ccccc2)ccc2nccn12. The number of aromatic nitrogens is 2. The van der Waals surface area contributed by atoms with Gasteiger partial charge in [0.05, 0.1) is 12.1 Å². The minimum Gasteiger partial charge on any atom is -0.324 e. The summed E-state index contributed by atoms with van der Waals surface area (Å²) in [6, 6.07) is 13.5. The first-order valence-electron chi connectivity index (χ1n) is 6.50. The molecule has 0 radical (unpaired) electrons. The number of imidazole rings is 1. The Bertz CT molecular complexity index is 747. The molecule has 0 atom stereocenters. The summed E-state index contributed by atoms with van der Waals surface area (Å²) in [6.45, 7) is 1.97. The highest BCUT2D eigenvalue weighted by Crippen LogP contribution is 2.17. The average molecular weight is 265 g/mol. The number of rotatable bonds is 3. The van der Waals surface area contributed by atoms with E-state index in [4.69, 9.17) is 0 Å². The van der Waals surface area contributed by atoms with Crippen molar-refractivity contribution in [3.05, 3.63) is 66.1 Å². The van der Waals surface area contributed by atoms with Crippen molar-refractivity contribution in [2.75, 3.05) is 5.32 Å². The van der Waals surface area contributed by atoms with Gasteiger partial charge in [-0.05, 0) is 24.6 Å². The number of nitrogens with zero attached hydrogens (tertiary/aromatic N) is 2. The van der Waals surface area contributed by atoms with Crippen LogP contribution in [-0.4, -0.2) is 15.3 Å². The van der Waals surface area contributed by atoms with Crippen LogP contribution in [0.25, 0.3) is 5.65 Å². The Labute approximate surface area is 117 Å². The van der Waals surface area contributed by atoms with Gasteiger partial charge in [0.1, 0.15) is 5.65 Å². The van der Waals surface area contributed by atoms with Crippen LogP contribution >= 0.6 is 0 Å². The van der Waals surface area contributed by atoms with E-state index in [1.807, 2.05) is 60.0 Å². The summed E-state index contributed by atoms with van der Waals surface area (Å²) in [7, 11) is 0. The number of amides is 1. The van der Waals surface area contributed by atoms with Crippen LogP contribution in [-0.2, 0) is 11.2 Å². The molecule has 3 rings (SSSR count). The average Bonchev–Trinajstić information content (AvgIpc) is 2.92. The maximum Gasteiger partial charge on any atom is 0.228 e. The van der Waals surface area contributed by atoms with E-state index in [0.29, 0.717) is 6.42 Å². The number of hydrogen-bond donors (Lipinski definition) is 1. The zero-order valence-corrected chi connectivity index (χ0v) is 11.2. The minimum absolute atomic E-state index is 0.0150. The van der Waals surface area contributed by atoms with Crippen LogP contribution in [0.5, 0.6) is 0 Å². The normalized spacial score (nSPS) is 10.7. The van der Waals surface area contributed by atoms with Crippen molar-refractivity contribution in [1.82, 2.24) is 9.38 Å². The summed E-state index contributed by atoms with van der Waals surface area (Å²) in [5, 5.41) is 2.95. The van der Waals surface area contributed by atoms with Crippen LogP contribution in [0.15, 0.2) is 54.9 Å². The van der Waals surface area contributed by atoms with E-state index in [1.54, 1.807) is 6.20 Å². The molecule has 1 N–H and O–H groups in total. The molecule has 0 fully saturated rings. The molecule has 0 spiro atoms. The molecule has 1 amide bonds. The third-order valence-electron chi connectivity index (χ3n) is 3.30. The van der Waals surface area contributed by atoms with Crippen molar-refractivity contribution >= 4 is 17.2 Å². The first-order valence-corrected chi connectivity index (χ1v) is 6.50. The predicted molar refractivity (Wildman–Crippen MR) is 78.7 cm³/mol. The fraction of sp³-hybridized carbons (Fsp3) is 0.125. The number of carbonyl (C=O) groups excluding carboxylic acids is 1. The van der Waals surface area contributed by atoms with Crippen molar-refractivity contribution in [1.29, 1.82) is 0 Å². The van der Waals surface area contributed by atoms with Gasteiger partial charge in [-0.2, -0.15) is 0 Å². The highest BCUT2D eigenvalue weighted by molar-refractivity contribution is 5.92. The molecule has 0 saturated carbocycles. The van der Waals surface area contributed by atoms with Gasteiger partial charge in [0.25, 0.3) is 0 Å². The first-order chi connectivity index (χ1) is 9.74. The number of benzene rings is 1. The lowest BCUT2D eigenvalue weighted by atomic mass is 10.1. The molecule has 0 bridgehead atoms. The first kappa shape index (κ1) is 12.4. The smallest absolute Gasteiger partial charge is 0.228 e. The molecule has 100 valence electrons. The van der Waals surface area contributed by atoms with Gasteiger partial charge in [-0.3, -0.25) is 4.79 Å². The van der Waals surface area contributed by atoms with Crippen molar-refractivity contribution in [3.63, 3.8) is 0 Å². The van der Waals surface area contributed by atoms with Crippen LogP contribution in [0, 0.1) is 6.92 Å². The van der Waals surface area contributed by atoms with Crippen LogP contribution in [0.4, 0.5) is 5.69 Å². The lowest BCUT2D eigenvalue weighted by Gasteiger charge is -2.10. The lowest BCUT2D eigenvalue weighted by Crippen LogP contribution is -2.15. The summed E-state index contributed by atoms with van der Waals surface area (Å²) >= 11 is 0. The summed E-state index contributed by atoms with van der Waals surface area (Å²) in [5.74, 6) is -0.0150. The fourth-order valence-electron chi connectivity index (χ4n) is 2.24. The second-order valence-corrected chi connectivity index (χ2v) is 4.70. The molecule has 0 aliphatic carbocycles. The van der Waals surface area contributed by atoms with Gasteiger partial charge < -0.3 is 9.72 Å². The Morgan fingerprint density at radius 1 is 1.20 bits per heavy atom. The second kappa shape index (κ2) is 5.17. The van der Waals surface area contributed by atoms with Gasteiger partial charge in [-0.25, -0.2) is 4.98 Å². The molecule has 20 heavy (non-hydrogen) atoms. The van der Waals surface area contributed by atoms with Gasteiger partial charge >= 0.3 is 0 Å². The van der Waals surface area contributed by atoms with Crippen LogP contribution < -0.4 is 5.32 Å². The van der Waals surface area contributed by atoms with Crippen LogP contribution in [0.1, 0.15) is 11.3 Å². The van der Waals surface area contributed by atoms with Crippen molar-refractivity contribution in [3.8, 4) is 0 Å². The Kier molecular flexibility index (Phi) is 3.21. The molecule has 3 aromatic rings. The zero-order chi connectivity index (χ0) is 13.9. The summed E-state index contributed by atoms with van der Waals surface area (Å²) in [4.78, 5) is 16.3. The van der Waals surface area contributed by atoms with E-state index in [2.05, 4.69) is 10.3 Å². The number of pyridine rings is 1. The fourth-order valence-corrected chi connectivity index (χ4v) is 2.24. The standard InChI is InChI=1S/C16H15N3O/c1-12-14(7-8-15-17-9-10-19(12)15)18-16(20)11-13-5-3-2-4-6-13/h2-10H,11H2,1H3,(H,18,20). The third-order valence-corrected chi connectivity index (χ3v) is 3.30. The van der Waals surface area contributed by atoms with Gasteiger partial charge in [0, 0.05) is 18.1 Å². The molecular formula is C16H15N3O. The van der Waals surface area contributed by atoms with Gasteiger partial charge in [-0.15, -0.1) is 0 Å². The minimum atomic E-state index is -0.0150.